The summed E-state index contributed by atoms with van der Waals surface area (Å²) >= 11 is 8.07. The van der Waals surface area contributed by atoms with Gasteiger partial charge in [0.25, 0.3) is 11.4 Å². The van der Waals surface area contributed by atoms with Gasteiger partial charge in [-0.05, 0) is 24.5 Å². The second kappa shape index (κ2) is 7.77. The van der Waals surface area contributed by atoms with Crippen LogP contribution >= 0.6 is 23.4 Å². The third-order valence-electron chi connectivity index (χ3n) is 5.61. The third kappa shape index (κ3) is 3.35. The molecule has 0 amide bonds. The summed E-state index contributed by atoms with van der Waals surface area (Å²) in [5.74, 6) is -1.66. The summed E-state index contributed by atoms with van der Waals surface area (Å²) in [6.45, 7) is 0.427. The maximum atomic E-state index is 11.6. The summed E-state index contributed by atoms with van der Waals surface area (Å²) in [5.41, 5.74) is 0.326. The largest absolute Gasteiger partial charge is 0.478 e. The molecule has 30 heavy (non-hydrogen) atoms. The van der Waals surface area contributed by atoms with Crippen molar-refractivity contribution in [2.75, 3.05) is 11.9 Å². The lowest BCUT2D eigenvalue weighted by Crippen LogP contribution is -2.29. The fourth-order valence-electron chi connectivity index (χ4n) is 4.36. The van der Waals surface area contributed by atoms with Gasteiger partial charge in [0.1, 0.15) is 0 Å². The topological polar surface area (TPSA) is 136 Å². The first-order chi connectivity index (χ1) is 14.3. The van der Waals surface area contributed by atoms with E-state index in [4.69, 9.17) is 11.6 Å². The molecule has 0 spiro atoms. The predicted molar refractivity (Wildman–Crippen MR) is 112 cm³/mol. The van der Waals surface area contributed by atoms with Crippen LogP contribution < -0.4 is 5.32 Å². The Labute approximate surface area is 179 Å². The molecule has 1 aliphatic carbocycles. The molecule has 1 heterocycles. The number of hydrogen-bond donors (Lipinski definition) is 2. The highest BCUT2D eigenvalue weighted by atomic mass is 35.5. The van der Waals surface area contributed by atoms with E-state index in [9.17, 15) is 30.1 Å². The number of aromatic carboxylic acids is 1. The maximum absolute atomic E-state index is 11.6. The highest BCUT2D eigenvalue weighted by Crippen LogP contribution is 2.55. The first-order valence-corrected chi connectivity index (χ1v) is 10.4. The van der Waals surface area contributed by atoms with Crippen LogP contribution in [-0.4, -0.2) is 38.1 Å². The van der Waals surface area contributed by atoms with Crippen molar-refractivity contribution in [3.63, 3.8) is 0 Å². The van der Waals surface area contributed by atoms with Crippen LogP contribution in [0.25, 0.3) is 0 Å². The minimum absolute atomic E-state index is 0.0149. The van der Waals surface area contributed by atoms with Crippen molar-refractivity contribution in [2.24, 2.45) is 5.92 Å². The molecule has 1 saturated carbocycles. The molecular weight excluding hydrogens is 434 g/mol. The number of nitro benzene ring substituents is 2. The van der Waals surface area contributed by atoms with Crippen LogP contribution in [0.15, 0.2) is 41.3 Å². The Morgan fingerprint density at radius 3 is 2.50 bits per heavy atom. The molecule has 11 heteroatoms. The van der Waals surface area contributed by atoms with E-state index in [1.54, 1.807) is 18.2 Å². The molecule has 156 valence electrons. The van der Waals surface area contributed by atoms with Gasteiger partial charge in [0, 0.05) is 29.8 Å². The van der Waals surface area contributed by atoms with Crippen LogP contribution in [0.4, 0.5) is 17.1 Å². The number of carboxylic acids is 1. The predicted octanol–water partition coefficient (Wildman–Crippen LogP) is 4.50. The molecule has 2 aliphatic rings. The van der Waals surface area contributed by atoms with Gasteiger partial charge in [0.2, 0.25) is 0 Å². The van der Waals surface area contributed by atoms with Crippen molar-refractivity contribution in [3.05, 3.63) is 67.8 Å². The monoisotopic (exact) mass is 449 g/mol. The van der Waals surface area contributed by atoms with Crippen LogP contribution in [0.5, 0.6) is 0 Å². The maximum Gasteiger partial charge on any atom is 0.337 e. The number of para-hydroxylation sites is 1. The summed E-state index contributed by atoms with van der Waals surface area (Å²) in [5, 5.41) is 34.8. The number of thioether (sulfide) groups is 1. The van der Waals surface area contributed by atoms with Crippen molar-refractivity contribution >= 4 is 46.4 Å². The molecule has 1 fully saturated rings. The van der Waals surface area contributed by atoms with Gasteiger partial charge in [0.15, 0.2) is 0 Å². The molecule has 4 rings (SSSR count). The second-order valence-corrected chi connectivity index (χ2v) is 9.00. The summed E-state index contributed by atoms with van der Waals surface area (Å²) in [7, 11) is 0. The molecule has 0 unspecified atom stereocenters. The molecular formula is C19H16ClN3O6S. The van der Waals surface area contributed by atoms with Crippen molar-refractivity contribution in [3.8, 4) is 0 Å². The van der Waals surface area contributed by atoms with Crippen LogP contribution in [0.2, 0.25) is 0 Å². The van der Waals surface area contributed by atoms with Gasteiger partial charge in [-0.15, -0.1) is 23.4 Å². The van der Waals surface area contributed by atoms with E-state index >= 15 is 0 Å². The average Bonchev–Trinajstić information content (AvgIpc) is 3.02. The number of carboxylic acid groups (broad SMARTS) is 1. The van der Waals surface area contributed by atoms with Crippen molar-refractivity contribution in [1.82, 2.24) is 0 Å². The molecule has 1 aliphatic heterocycles. The number of anilines is 1. The van der Waals surface area contributed by atoms with Gasteiger partial charge >= 0.3 is 5.97 Å². The quantitative estimate of drug-likeness (QED) is 0.387. The molecule has 2 aromatic rings. The SMILES string of the molecule is O=C(O)c1ccc([N+](=O)[O-])c2c1NC[C@H]1C[C@@H](Sc3ccccc3[N+](=O)[O-])[C@@H](Cl)[C@@H]21. The summed E-state index contributed by atoms with van der Waals surface area (Å²) in [6.07, 6.45) is 0.594. The van der Waals surface area contributed by atoms with Gasteiger partial charge in [-0.25, -0.2) is 4.79 Å². The van der Waals surface area contributed by atoms with E-state index in [0.29, 0.717) is 23.4 Å². The Balaban J connectivity index is 1.73. The molecule has 0 aromatic heterocycles. The number of nitrogens with zero attached hydrogens (tertiary/aromatic N) is 2. The van der Waals surface area contributed by atoms with Crippen LogP contribution in [0.3, 0.4) is 0 Å². The Morgan fingerprint density at radius 1 is 1.13 bits per heavy atom. The number of benzene rings is 2. The Kier molecular flexibility index (Phi) is 5.29. The van der Waals surface area contributed by atoms with E-state index in [0.717, 1.165) is 0 Å². The minimum atomic E-state index is -1.18. The summed E-state index contributed by atoms with van der Waals surface area (Å²) < 4.78 is 0. The average molecular weight is 450 g/mol. The third-order valence-corrected chi connectivity index (χ3v) is 7.72. The number of carbonyl (C=O) groups is 1. The van der Waals surface area contributed by atoms with Crippen LogP contribution in [0, 0.1) is 26.1 Å². The van der Waals surface area contributed by atoms with E-state index in [1.807, 2.05) is 0 Å². The highest BCUT2D eigenvalue weighted by molar-refractivity contribution is 8.00. The standard InChI is InChI=1S/C19H16ClN3O6S/c20-17-14(30-13-4-2-1-3-11(13)22(26)27)7-9-8-21-18-10(19(24)25)5-6-12(23(28)29)16(18)15(9)17/h1-6,9,14-15,17,21H,7-8H2,(H,24,25)/t9-,14-,15-,17-/m1/s1. The zero-order valence-electron chi connectivity index (χ0n) is 15.4. The molecule has 0 bridgehead atoms. The summed E-state index contributed by atoms with van der Waals surface area (Å²) in [6, 6.07) is 8.82. The first-order valence-electron chi connectivity index (χ1n) is 9.12. The fraction of sp³-hybridized carbons (Fsp3) is 0.316. The minimum Gasteiger partial charge on any atom is -0.478 e. The number of fused-ring (bicyclic) bond motifs is 3. The van der Waals surface area contributed by atoms with Gasteiger partial charge in [-0.1, -0.05) is 12.1 Å². The molecule has 2 N–H and O–H groups in total. The van der Waals surface area contributed by atoms with Gasteiger partial charge in [0.05, 0.1) is 36.9 Å². The van der Waals surface area contributed by atoms with E-state index in [2.05, 4.69) is 5.32 Å². The second-order valence-electron chi connectivity index (χ2n) is 7.21. The lowest BCUT2D eigenvalue weighted by molar-refractivity contribution is -0.387. The molecule has 2 aromatic carbocycles. The van der Waals surface area contributed by atoms with E-state index < -0.39 is 27.1 Å². The molecule has 4 atom stereocenters. The number of halogens is 1. The van der Waals surface area contributed by atoms with Crippen LogP contribution in [-0.2, 0) is 0 Å². The number of nitro groups is 2. The van der Waals surface area contributed by atoms with E-state index in [-0.39, 0.29) is 33.8 Å². The molecule has 0 radical (unpaired) electrons. The van der Waals surface area contributed by atoms with Crippen LogP contribution in [0.1, 0.15) is 28.3 Å². The summed E-state index contributed by atoms with van der Waals surface area (Å²) in [4.78, 5) is 34.1. The van der Waals surface area contributed by atoms with Crippen molar-refractivity contribution in [2.45, 2.75) is 27.9 Å². The number of nitrogens with one attached hydrogen (secondary N) is 1. The highest BCUT2D eigenvalue weighted by Gasteiger charge is 2.49. The number of alkyl halides is 1. The van der Waals surface area contributed by atoms with Crippen molar-refractivity contribution < 1.29 is 19.7 Å². The zero-order valence-corrected chi connectivity index (χ0v) is 16.9. The number of hydrogen-bond acceptors (Lipinski definition) is 7. The smallest absolute Gasteiger partial charge is 0.337 e. The lowest BCUT2D eigenvalue weighted by Gasteiger charge is -2.31. The normalized spacial score (nSPS) is 24.4. The Hall–Kier alpha value is -2.85. The molecule has 0 saturated heterocycles. The number of rotatable bonds is 5. The first kappa shape index (κ1) is 20.4. The Bertz CT molecular complexity index is 1060. The van der Waals surface area contributed by atoms with Gasteiger partial charge in [-0.2, -0.15) is 0 Å². The van der Waals surface area contributed by atoms with E-state index in [1.165, 1.54) is 30.0 Å². The molecule has 9 nitrogen and oxygen atoms in total. The van der Waals surface area contributed by atoms with Crippen molar-refractivity contribution in [1.29, 1.82) is 0 Å². The fourth-order valence-corrected chi connectivity index (χ4v) is 6.34. The van der Waals surface area contributed by atoms with Gasteiger partial charge < -0.3 is 10.4 Å². The van der Waals surface area contributed by atoms with Gasteiger partial charge in [-0.3, -0.25) is 20.2 Å². The lowest BCUT2D eigenvalue weighted by atomic mass is 9.82. The Morgan fingerprint density at radius 2 is 1.83 bits per heavy atom. The zero-order chi connectivity index (χ0) is 21.6.